The molecule has 52 heavy (non-hydrogen) atoms. The van der Waals surface area contributed by atoms with Crippen molar-refractivity contribution < 1.29 is 28.8 Å². The molecule has 5 N–H and O–H groups in total. The first-order valence-electron chi connectivity index (χ1n) is 17.9. The summed E-state index contributed by atoms with van der Waals surface area (Å²) in [4.78, 5) is 83.1. The number of benzene rings is 1. The number of nitrogens with one attached hydrogen (secondary N) is 5. The summed E-state index contributed by atoms with van der Waals surface area (Å²) in [5.74, 6) is -3.77. The third kappa shape index (κ3) is 10.4. The van der Waals surface area contributed by atoms with Crippen LogP contribution < -0.4 is 26.6 Å². The van der Waals surface area contributed by atoms with Gasteiger partial charge in [-0.3, -0.25) is 34.3 Å². The summed E-state index contributed by atoms with van der Waals surface area (Å²) < 4.78 is 0. The number of amides is 5. The third-order valence-corrected chi connectivity index (χ3v) is 9.47. The van der Waals surface area contributed by atoms with Gasteiger partial charge < -0.3 is 21.3 Å². The summed E-state index contributed by atoms with van der Waals surface area (Å²) in [6, 6.07) is 11.0. The zero-order valence-electron chi connectivity index (χ0n) is 29.0. The fraction of sp³-hybridized carbons (Fsp3) is 0.421. The summed E-state index contributed by atoms with van der Waals surface area (Å²) in [6.45, 7) is 1.22. The highest BCUT2D eigenvalue weighted by Crippen LogP contribution is 2.38. The molecule has 0 bridgehead atoms. The molecule has 0 spiro atoms. The maximum Gasteiger partial charge on any atom is 0.323 e. The number of urea groups is 1. The zero-order chi connectivity index (χ0) is 36.9. The van der Waals surface area contributed by atoms with E-state index in [1.54, 1.807) is 30.3 Å². The number of hydrogen-bond acceptors (Lipinski definition) is 9. The number of carbonyl (C=O) groups is 6. The van der Waals surface area contributed by atoms with Crippen LogP contribution in [0.4, 0.5) is 21.9 Å². The highest BCUT2D eigenvalue weighted by molar-refractivity contribution is 6.30. The molecule has 3 heterocycles. The van der Waals surface area contributed by atoms with Gasteiger partial charge in [0.05, 0.1) is 17.4 Å². The zero-order valence-corrected chi connectivity index (χ0v) is 29.7. The van der Waals surface area contributed by atoms with Crippen molar-refractivity contribution in [3.05, 3.63) is 76.8 Å². The van der Waals surface area contributed by atoms with Crippen molar-refractivity contribution in [2.24, 2.45) is 11.8 Å². The van der Waals surface area contributed by atoms with Crippen molar-refractivity contribution in [1.82, 2.24) is 20.6 Å². The van der Waals surface area contributed by atoms with E-state index in [-0.39, 0.29) is 47.1 Å². The third-order valence-electron chi connectivity index (χ3n) is 9.26. The predicted molar refractivity (Wildman–Crippen MR) is 198 cm³/mol. The highest BCUT2D eigenvalue weighted by Gasteiger charge is 2.48. The van der Waals surface area contributed by atoms with Crippen LogP contribution >= 0.6 is 11.6 Å². The smallest absolute Gasteiger partial charge is 0.323 e. The van der Waals surface area contributed by atoms with Crippen molar-refractivity contribution in [2.75, 3.05) is 29.0 Å². The molecule has 2 unspecified atom stereocenters. The van der Waals surface area contributed by atoms with E-state index >= 15 is 0 Å². The molecule has 2 aromatic heterocycles. The lowest BCUT2D eigenvalue weighted by molar-refractivity contribution is -0.137. The average Bonchev–Trinajstić information content (AvgIpc) is 3.37. The van der Waals surface area contributed by atoms with Crippen LogP contribution in [0.5, 0.6) is 0 Å². The van der Waals surface area contributed by atoms with E-state index in [2.05, 4.69) is 36.6 Å². The lowest BCUT2D eigenvalue weighted by Gasteiger charge is -2.24. The number of halogens is 1. The largest absolute Gasteiger partial charge is 0.384 e. The lowest BCUT2D eigenvalue weighted by Crippen LogP contribution is -2.46. The number of fused-ring (bicyclic) bond motifs is 1. The summed E-state index contributed by atoms with van der Waals surface area (Å²) in [6.07, 6.45) is 14.0. The molecule has 2 atom stereocenters. The minimum atomic E-state index is -1.06. The number of ketones is 2. The Hall–Kier alpha value is -5.17. The molecule has 14 heteroatoms. The number of rotatable bonds is 18. The highest BCUT2D eigenvalue weighted by atomic mass is 35.5. The molecule has 5 rings (SSSR count). The lowest BCUT2D eigenvalue weighted by atomic mass is 9.82. The van der Waals surface area contributed by atoms with Gasteiger partial charge in [0, 0.05) is 54.5 Å². The number of carbonyl (C=O) groups excluding carboxylic acids is 6. The summed E-state index contributed by atoms with van der Waals surface area (Å²) in [5.41, 5.74) is 2.47. The summed E-state index contributed by atoms with van der Waals surface area (Å²) in [5, 5.41) is 14.1. The topological polar surface area (TPSA) is 188 Å². The predicted octanol–water partition coefficient (Wildman–Crippen LogP) is 6.56. The molecule has 2 aliphatic rings. The van der Waals surface area contributed by atoms with Crippen LogP contribution in [-0.2, 0) is 9.59 Å². The minimum Gasteiger partial charge on any atom is -0.384 e. The summed E-state index contributed by atoms with van der Waals surface area (Å²) >= 11 is 5.85. The quantitative estimate of drug-likeness (QED) is 0.0418. The molecule has 0 saturated carbocycles. The van der Waals surface area contributed by atoms with E-state index in [0.29, 0.717) is 41.3 Å². The summed E-state index contributed by atoms with van der Waals surface area (Å²) in [7, 11) is 0. The number of Topliss-reactive ketones (excluding diaryl/α,β-unsaturated/α-hetero) is 2. The molecule has 5 amide bonds. The standard InChI is InChI=1S/C38H44ClN7O6/c39-30-23-25(17-21-42-30)45-38(52)44-24-16-20-41-29(22-24)37(51)43-19-10-8-6-4-2-1-3-5-7-9-18-40-28-13-11-12-26-32(28)35(49)33(34(26)48)27-14-15-31(47)46-36(27)50/h11-13,16-17,20-23,27,33,40H,1-10,14-15,18-19H2,(H,43,51)(H,46,47,50)(H2,41,42,44,45,52). The molecule has 1 aromatic carbocycles. The van der Waals surface area contributed by atoms with E-state index in [1.807, 2.05) is 0 Å². The number of imide groups is 1. The Kier molecular flexibility index (Phi) is 13.8. The Morgan fingerprint density at radius 1 is 0.769 bits per heavy atom. The molecule has 1 saturated heterocycles. The number of unbranched alkanes of at least 4 members (excludes halogenated alkanes) is 9. The van der Waals surface area contributed by atoms with Gasteiger partial charge in [-0.05, 0) is 49.6 Å². The van der Waals surface area contributed by atoms with E-state index in [9.17, 15) is 28.8 Å². The van der Waals surface area contributed by atoms with Gasteiger partial charge in [0.2, 0.25) is 11.8 Å². The van der Waals surface area contributed by atoms with Crippen LogP contribution in [0.3, 0.4) is 0 Å². The van der Waals surface area contributed by atoms with Crippen molar-refractivity contribution in [2.45, 2.75) is 77.0 Å². The van der Waals surface area contributed by atoms with Gasteiger partial charge >= 0.3 is 6.03 Å². The number of nitrogens with zero attached hydrogens (tertiary/aromatic N) is 2. The Morgan fingerprint density at radius 2 is 1.40 bits per heavy atom. The van der Waals surface area contributed by atoms with Crippen molar-refractivity contribution in [3.8, 4) is 0 Å². The molecule has 1 aliphatic heterocycles. The Labute approximate surface area is 307 Å². The molecule has 274 valence electrons. The first-order valence-corrected chi connectivity index (χ1v) is 18.3. The molecule has 1 aliphatic carbocycles. The number of anilines is 3. The van der Waals surface area contributed by atoms with Crippen molar-refractivity contribution in [1.29, 1.82) is 0 Å². The van der Waals surface area contributed by atoms with Gasteiger partial charge in [-0.25, -0.2) is 9.78 Å². The first kappa shape index (κ1) is 38.1. The normalized spacial score (nSPS) is 16.6. The second-order valence-corrected chi connectivity index (χ2v) is 13.5. The van der Waals surface area contributed by atoms with Crippen LogP contribution in [0.1, 0.15) is 108 Å². The first-order chi connectivity index (χ1) is 25.2. The van der Waals surface area contributed by atoms with Crippen LogP contribution in [0.2, 0.25) is 5.15 Å². The Morgan fingerprint density at radius 3 is 2.08 bits per heavy atom. The molecular weight excluding hydrogens is 686 g/mol. The van der Waals surface area contributed by atoms with Crippen LogP contribution in [0.15, 0.2) is 54.9 Å². The number of piperidine rings is 1. The average molecular weight is 730 g/mol. The van der Waals surface area contributed by atoms with Crippen LogP contribution in [-0.4, -0.2) is 58.4 Å². The fourth-order valence-electron chi connectivity index (χ4n) is 6.59. The van der Waals surface area contributed by atoms with E-state index in [1.165, 1.54) is 30.9 Å². The van der Waals surface area contributed by atoms with Gasteiger partial charge in [0.1, 0.15) is 10.8 Å². The van der Waals surface area contributed by atoms with Gasteiger partial charge in [-0.15, -0.1) is 0 Å². The monoisotopic (exact) mass is 729 g/mol. The number of pyridine rings is 2. The van der Waals surface area contributed by atoms with E-state index in [0.717, 1.165) is 57.8 Å². The van der Waals surface area contributed by atoms with E-state index < -0.39 is 23.8 Å². The fourth-order valence-corrected chi connectivity index (χ4v) is 6.77. The van der Waals surface area contributed by atoms with Crippen molar-refractivity contribution >= 4 is 64.0 Å². The molecule has 3 aromatic rings. The number of aromatic nitrogens is 2. The SMILES string of the molecule is O=C1CCC(C2C(=O)c3cccc(NCCCCCCCCCCCCNC(=O)c4cc(NC(=O)Nc5ccnc(Cl)c5)ccn4)c3C2=O)C(=O)N1. The maximum absolute atomic E-state index is 13.3. The number of hydrogen-bond donors (Lipinski definition) is 5. The Balaban J connectivity index is 0.884. The van der Waals surface area contributed by atoms with Gasteiger partial charge in [-0.1, -0.05) is 75.1 Å². The van der Waals surface area contributed by atoms with E-state index in [4.69, 9.17) is 11.6 Å². The maximum atomic E-state index is 13.3. The molecular formula is C38H44ClN7O6. The Bertz CT molecular complexity index is 1800. The second kappa shape index (κ2) is 18.9. The van der Waals surface area contributed by atoms with Crippen molar-refractivity contribution in [3.63, 3.8) is 0 Å². The molecule has 1 fully saturated rings. The van der Waals surface area contributed by atoms with Crippen LogP contribution in [0.25, 0.3) is 0 Å². The minimum absolute atomic E-state index is 0.127. The van der Waals surface area contributed by atoms with Gasteiger partial charge in [0.25, 0.3) is 5.91 Å². The molecule has 0 radical (unpaired) electrons. The van der Waals surface area contributed by atoms with Crippen LogP contribution in [0, 0.1) is 11.8 Å². The molecule has 13 nitrogen and oxygen atoms in total. The van der Waals surface area contributed by atoms with Gasteiger partial charge in [0.15, 0.2) is 11.6 Å². The van der Waals surface area contributed by atoms with Gasteiger partial charge in [-0.2, -0.15) is 0 Å². The second-order valence-electron chi connectivity index (χ2n) is 13.1.